The van der Waals surface area contributed by atoms with Crippen molar-refractivity contribution in [2.75, 3.05) is 0 Å². The van der Waals surface area contributed by atoms with Gasteiger partial charge in [-0.25, -0.2) is 0 Å². The third-order valence-electron chi connectivity index (χ3n) is 2.93. The molecule has 0 aliphatic rings. The molecule has 100 valence electrons. The van der Waals surface area contributed by atoms with Crippen LogP contribution in [0, 0.1) is 0 Å². The smallest absolute Gasteiger partial charge is 0.0732 e. The highest BCUT2D eigenvalue weighted by Crippen LogP contribution is 2.19. The zero-order valence-corrected chi connectivity index (χ0v) is 18.2. The van der Waals surface area contributed by atoms with Gasteiger partial charge in [0, 0.05) is 29.4 Å². The maximum absolute atomic E-state index is 5.81. The molecule has 0 unspecified atom stereocenters. The summed E-state index contributed by atoms with van der Waals surface area (Å²) in [6, 6.07) is 13.0. The van der Waals surface area contributed by atoms with Crippen LogP contribution in [0.1, 0.15) is 11.1 Å². The third kappa shape index (κ3) is 4.39. The summed E-state index contributed by atoms with van der Waals surface area (Å²) in [6.45, 7) is 1.27. The molecule has 2 rings (SSSR count). The summed E-state index contributed by atoms with van der Waals surface area (Å²) in [5.74, 6) is 0. The SMILES string of the molecule is [SiH3]c1ccc(COCc2ccc([SiH3])cc2Br)c(Br)c1. The van der Waals surface area contributed by atoms with Gasteiger partial charge in [-0.05, 0) is 23.3 Å². The molecule has 1 nitrogen and oxygen atoms in total. The van der Waals surface area contributed by atoms with Gasteiger partial charge in [0.15, 0.2) is 0 Å². The first-order valence-electron chi connectivity index (χ1n) is 6.14. The fraction of sp³-hybridized carbons (Fsp3) is 0.143. The average Bonchev–Trinajstić information content (AvgIpc) is 2.34. The van der Waals surface area contributed by atoms with Crippen LogP contribution in [-0.2, 0) is 18.0 Å². The molecule has 2 aromatic carbocycles. The first-order chi connectivity index (χ1) is 9.06. The monoisotopic (exact) mass is 414 g/mol. The third-order valence-corrected chi connectivity index (χ3v) is 5.65. The molecule has 0 spiro atoms. The minimum absolute atomic E-state index is 0.636. The Morgan fingerprint density at radius 3 is 1.58 bits per heavy atom. The maximum Gasteiger partial charge on any atom is 0.0732 e. The van der Waals surface area contributed by atoms with E-state index in [2.05, 4.69) is 68.3 Å². The van der Waals surface area contributed by atoms with Crippen molar-refractivity contribution in [3.05, 3.63) is 56.5 Å². The van der Waals surface area contributed by atoms with Crippen molar-refractivity contribution in [1.82, 2.24) is 0 Å². The number of ether oxygens (including phenoxy) is 1. The molecule has 19 heavy (non-hydrogen) atoms. The van der Waals surface area contributed by atoms with Gasteiger partial charge in [-0.3, -0.25) is 0 Å². The first-order valence-corrected chi connectivity index (χ1v) is 9.72. The number of hydrogen-bond donors (Lipinski definition) is 0. The van der Waals surface area contributed by atoms with Crippen LogP contribution >= 0.6 is 31.9 Å². The Morgan fingerprint density at radius 1 is 0.789 bits per heavy atom. The van der Waals surface area contributed by atoms with E-state index in [1.807, 2.05) is 0 Å². The molecule has 0 saturated carbocycles. The molecule has 0 heterocycles. The van der Waals surface area contributed by atoms with Crippen LogP contribution in [0.5, 0.6) is 0 Å². The number of hydrogen-bond acceptors (Lipinski definition) is 1. The lowest BCUT2D eigenvalue weighted by Crippen LogP contribution is -2.05. The van der Waals surface area contributed by atoms with Gasteiger partial charge < -0.3 is 4.74 Å². The van der Waals surface area contributed by atoms with Crippen molar-refractivity contribution in [2.24, 2.45) is 0 Å². The van der Waals surface area contributed by atoms with Gasteiger partial charge in [0.1, 0.15) is 0 Å². The van der Waals surface area contributed by atoms with Crippen molar-refractivity contribution in [3.8, 4) is 0 Å². The van der Waals surface area contributed by atoms with Crippen molar-refractivity contribution in [1.29, 1.82) is 0 Å². The fourth-order valence-electron chi connectivity index (χ4n) is 1.81. The molecule has 5 heteroatoms. The van der Waals surface area contributed by atoms with Crippen LogP contribution in [0.25, 0.3) is 0 Å². The summed E-state index contributed by atoms with van der Waals surface area (Å²) >= 11 is 7.19. The normalized spacial score (nSPS) is 11.1. The van der Waals surface area contributed by atoms with Gasteiger partial charge in [-0.15, -0.1) is 0 Å². The van der Waals surface area contributed by atoms with Crippen LogP contribution in [0.3, 0.4) is 0 Å². The van der Waals surface area contributed by atoms with E-state index in [1.165, 1.54) is 21.5 Å². The number of halogens is 2. The van der Waals surface area contributed by atoms with Crippen LogP contribution < -0.4 is 10.4 Å². The second-order valence-corrected chi connectivity index (χ2v) is 8.70. The van der Waals surface area contributed by atoms with E-state index in [0.29, 0.717) is 13.2 Å². The average molecular weight is 416 g/mol. The predicted octanol–water partition coefficient (Wildman–Crippen LogP) is 0.910. The molecule has 0 radical (unpaired) electrons. The Kier molecular flexibility index (Phi) is 5.59. The minimum atomic E-state index is 0.636. The van der Waals surface area contributed by atoms with E-state index < -0.39 is 0 Å². The lowest BCUT2D eigenvalue weighted by Gasteiger charge is -2.09. The summed E-state index contributed by atoms with van der Waals surface area (Å²) in [5.41, 5.74) is 2.41. The summed E-state index contributed by atoms with van der Waals surface area (Å²) < 4.78 is 8.10. The van der Waals surface area contributed by atoms with Crippen LogP contribution in [0.4, 0.5) is 0 Å². The molecule has 0 N–H and O–H groups in total. The van der Waals surface area contributed by atoms with E-state index in [4.69, 9.17) is 4.74 Å². The Hall–Kier alpha value is -0.206. The Labute approximate surface area is 136 Å². The predicted molar refractivity (Wildman–Crippen MR) is 95.9 cm³/mol. The zero-order chi connectivity index (χ0) is 13.8. The molecule has 0 atom stereocenters. The number of benzene rings is 2. The summed E-state index contributed by atoms with van der Waals surface area (Å²) in [4.78, 5) is 0. The standard InChI is InChI=1S/C14H16Br2OSi2/c15-13-5-11(18)3-1-9(13)7-17-8-10-2-4-12(19)6-14(10)16/h1-6H,7-8H2,18-19H3. The van der Waals surface area contributed by atoms with Crippen LogP contribution in [0.2, 0.25) is 0 Å². The maximum atomic E-state index is 5.81. The Bertz CT molecular complexity index is 536. The largest absolute Gasteiger partial charge is 0.372 e. The molecule has 0 saturated heterocycles. The van der Waals surface area contributed by atoms with Gasteiger partial charge in [-0.1, -0.05) is 66.5 Å². The van der Waals surface area contributed by atoms with Gasteiger partial charge >= 0.3 is 0 Å². The van der Waals surface area contributed by atoms with Crippen molar-refractivity contribution < 1.29 is 4.74 Å². The quantitative estimate of drug-likeness (QED) is 0.674. The summed E-state index contributed by atoms with van der Waals surface area (Å²) in [7, 11) is 2.16. The van der Waals surface area contributed by atoms with E-state index in [0.717, 1.165) is 29.4 Å². The van der Waals surface area contributed by atoms with E-state index >= 15 is 0 Å². The minimum Gasteiger partial charge on any atom is -0.372 e. The van der Waals surface area contributed by atoms with Crippen LogP contribution in [0.15, 0.2) is 45.3 Å². The molecule has 0 amide bonds. The van der Waals surface area contributed by atoms with Gasteiger partial charge in [0.25, 0.3) is 0 Å². The van der Waals surface area contributed by atoms with Crippen molar-refractivity contribution in [2.45, 2.75) is 13.2 Å². The van der Waals surface area contributed by atoms with E-state index in [-0.39, 0.29) is 0 Å². The van der Waals surface area contributed by atoms with Gasteiger partial charge in [0.05, 0.1) is 13.2 Å². The highest BCUT2D eigenvalue weighted by Gasteiger charge is 2.03. The molecule has 0 aromatic heterocycles. The molecule has 0 aliphatic heterocycles. The Balaban J connectivity index is 1.96. The zero-order valence-electron chi connectivity index (χ0n) is 11.0. The van der Waals surface area contributed by atoms with E-state index in [1.54, 1.807) is 0 Å². The lowest BCUT2D eigenvalue weighted by atomic mass is 10.2. The highest BCUT2D eigenvalue weighted by molar-refractivity contribution is 9.10. The Morgan fingerprint density at radius 2 is 1.21 bits per heavy atom. The van der Waals surface area contributed by atoms with Gasteiger partial charge in [0.2, 0.25) is 0 Å². The summed E-state index contributed by atoms with van der Waals surface area (Å²) in [6.07, 6.45) is 0. The van der Waals surface area contributed by atoms with Gasteiger partial charge in [-0.2, -0.15) is 0 Å². The first kappa shape index (κ1) is 15.2. The summed E-state index contributed by atoms with van der Waals surface area (Å²) in [5, 5.41) is 2.78. The van der Waals surface area contributed by atoms with E-state index in [9.17, 15) is 0 Å². The molecule has 0 aliphatic carbocycles. The topological polar surface area (TPSA) is 9.23 Å². The lowest BCUT2D eigenvalue weighted by molar-refractivity contribution is 0.106. The van der Waals surface area contributed by atoms with Crippen LogP contribution in [-0.4, -0.2) is 20.5 Å². The number of rotatable bonds is 4. The van der Waals surface area contributed by atoms with Crippen molar-refractivity contribution >= 4 is 62.7 Å². The van der Waals surface area contributed by atoms with Crippen molar-refractivity contribution in [3.63, 3.8) is 0 Å². The molecule has 0 bridgehead atoms. The second kappa shape index (κ2) is 6.99. The molecule has 2 aromatic rings. The molecular weight excluding hydrogens is 400 g/mol. The second-order valence-electron chi connectivity index (χ2n) is 4.68. The highest BCUT2D eigenvalue weighted by atomic mass is 79.9. The molecule has 0 fully saturated rings. The molecular formula is C14H16Br2OSi2. The fourth-order valence-corrected chi connectivity index (χ4v) is 4.78.